The summed E-state index contributed by atoms with van der Waals surface area (Å²) in [7, 11) is 0. The summed E-state index contributed by atoms with van der Waals surface area (Å²) in [6, 6.07) is 13.1. The van der Waals surface area contributed by atoms with Crippen LogP contribution in [-0.4, -0.2) is 36.9 Å². The second-order valence-corrected chi connectivity index (χ2v) is 6.06. The van der Waals surface area contributed by atoms with E-state index in [0.29, 0.717) is 29.8 Å². The molecule has 0 aromatic heterocycles. The highest BCUT2D eigenvalue weighted by molar-refractivity contribution is 14.0. The van der Waals surface area contributed by atoms with Crippen LogP contribution in [-0.2, 0) is 6.54 Å². The highest BCUT2D eigenvalue weighted by Crippen LogP contribution is 2.11. The Hall–Kier alpha value is -1.58. The van der Waals surface area contributed by atoms with Crippen LogP contribution in [0.5, 0.6) is 5.75 Å². The van der Waals surface area contributed by atoms with Gasteiger partial charge in [-0.3, -0.25) is 0 Å². The molecule has 0 spiro atoms. The molecule has 0 amide bonds. The van der Waals surface area contributed by atoms with Crippen LogP contribution < -0.4 is 15.4 Å². The maximum absolute atomic E-state index is 12.8. The van der Waals surface area contributed by atoms with Gasteiger partial charge < -0.3 is 20.5 Å². The summed E-state index contributed by atoms with van der Waals surface area (Å²) < 4.78 is 18.3. The van der Waals surface area contributed by atoms with Crippen molar-refractivity contribution in [1.82, 2.24) is 10.6 Å². The Labute approximate surface area is 181 Å². The first-order valence-corrected chi connectivity index (χ1v) is 8.77. The van der Waals surface area contributed by atoms with Gasteiger partial charge in [-0.25, -0.2) is 9.38 Å². The van der Waals surface area contributed by atoms with Gasteiger partial charge in [0, 0.05) is 18.1 Å². The van der Waals surface area contributed by atoms with Crippen LogP contribution in [0, 0.1) is 5.82 Å². The number of rotatable bonds is 8. The van der Waals surface area contributed by atoms with Crippen molar-refractivity contribution in [3.05, 3.63) is 64.9 Å². The van der Waals surface area contributed by atoms with Gasteiger partial charge in [0.2, 0.25) is 0 Å². The lowest BCUT2D eigenvalue weighted by atomic mass is 10.2. The molecule has 0 radical (unpaired) electrons. The van der Waals surface area contributed by atoms with Crippen molar-refractivity contribution < 1.29 is 14.2 Å². The summed E-state index contributed by atoms with van der Waals surface area (Å²) in [4.78, 5) is 4.47. The Morgan fingerprint density at radius 1 is 1.15 bits per heavy atom. The van der Waals surface area contributed by atoms with E-state index in [0.717, 1.165) is 5.56 Å². The van der Waals surface area contributed by atoms with Crippen LogP contribution in [0.4, 0.5) is 4.39 Å². The molecule has 0 aliphatic rings. The first kappa shape index (κ1) is 23.5. The zero-order chi connectivity index (χ0) is 18.8. The number of nitrogens with one attached hydrogen (secondary N) is 2. The fraction of sp³-hybridized carbons (Fsp3) is 0.316. The number of aliphatic hydroxyl groups excluding tert-OH is 1. The molecule has 2 rings (SSSR count). The lowest BCUT2D eigenvalue weighted by molar-refractivity contribution is 0.110. The molecule has 0 heterocycles. The van der Waals surface area contributed by atoms with Gasteiger partial charge in [0.25, 0.3) is 0 Å². The number of hydrogen-bond acceptors (Lipinski definition) is 3. The number of ether oxygens (including phenoxy) is 1. The third-order valence-corrected chi connectivity index (χ3v) is 3.69. The average molecular weight is 508 g/mol. The summed E-state index contributed by atoms with van der Waals surface area (Å²) in [6.07, 6.45) is -0.737. The molecule has 0 aliphatic heterocycles. The minimum atomic E-state index is -0.737. The van der Waals surface area contributed by atoms with Crippen molar-refractivity contribution in [1.29, 1.82) is 0 Å². The molecule has 2 aromatic carbocycles. The molecule has 0 saturated carbocycles. The molecule has 27 heavy (non-hydrogen) atoms. The number of guanidine groups is 1. The zero-order valence-electron chi connectivity index (χ0n) is 15.0. The molecular formula is C19H24ClFIN3O2. The van der Waals surface area contributed by atoms with Crippen LogP contribution in [0.25, 0.3) is 0 Å². The molecule has 0 saturated heterocycles. The summed E-state index contributed by atoms with van der Waals surface area (Å²) in [5, 5.41) is 16.9. The van der Waals surface area contributed by atoms with E-state index in [1.807, 2.05) is 31.2 Å². The Bertz CT molecular complexity index is 699. The molecule has 2 aromatic rings. The summed E-state index contributed by atoms with van der Waals surface area (Å²) in [6.45, 7) is 3.53. The third kappa shape index (κ3) is 9.25. The first-order valence-electron chi connectivity index (χ1n) is 8.40. The van der Waals surface area contributed by atoms with Crippen molar-refractivity contribution in [2.45, 2.75) is 19.6 Å². The van der Waals surface area contributed by atoms with E-state index in [1.165, 1.54) is 24.3 Å². The number of hydrogen-bond donors (Lipinski definition) is 3. The first-order chi connectivity index (χ1) is 12.6. The maximum atomic E-state index is 12.8. The molecule has 1 unspecified atom stereocenters. The quantitative estimate of drug-likeness (QED) is 0.290. The van der Waals surface area contributed by atoms with Gasteiger partial charge >= 0.3 is 0 Å². The maximum Gasteiger partial charge on any atom is 0.191 e. The van der Waals surface area contributed by atoms with Crippen molar-refractivity contribution in [3.8, 4) is 5.75 Å². The lowest BCUT2D eigenvalue weighted by Gasteiger charge is -2.16. The Kier molecular flexibility index (Phi) is 11.1. The third-order valence-electron chi connectivity index (χ3n) is 3.44. The van der Waals surface area contributed by atoms with Crippen LogP contribution in [0.1, 0.15) is 12.5 Å². The van der Waals surface area contributed by atoms with Crippen molar-refractivity contribution in [2.75, 3.05) is 19.7 Å². The molecule has 8 heteroatoms. The highest BCUT2D eigenvalue weighted by Gasteiger charge is 2.07. The van der Waals surface area contributed by atoms with E-state index < -0.39 is 6.10 Å². The zero-order valence-corrected chi connectivity index (χ0v) is 18.1. The summed E-state index contributed by atoms with van der Waals surface area (Å²) >= 11 is 5.87. The Morgan fingerprint density at radius 2 is 1.81 bits per heavy atom. The van der Waals surface area contributed by atoms with Crippen LogP contribution in [0.3, 0.4) is 0 Å². The monoisotopic (exact) mass is 507 g/mol. The van der Waals surface area contributed by atoms with Crippen molar-refractivity contribution in [3.63, 3.8) is 0 Å². The Morgan fingerprint density at radius 3 is 2.44 bits per heavy atom. The van der Waals surface area contributed by atoms with Gasteiger partial charge in [-0.2, -0.15) is 0 Å². The predicted molar refractivity (Wildman–Crippen MR) is 118 cm³/mol. The van der Waals surface area contributed by atoms with Gasteiger partial charge in [0.15, 0.2) is 5.96 Å². The number of halogens is 3. The van der Waals surface area contributed by atoms with E-state index in [2.05, 4.69) is 15.6 Å². The molecule has 5 nitrogen and oxygen atoms in total. The minimum absolute atomic E-state index is 0. The number of aliphatic imine (C=N–C) groups is 1. The van der Waals surface area contributed by atoms with E-state index in [-0.39, 0.29) is 42.9 Å². The average Bonchev–Trinajstić information content (AvgIpc) is 2.65. The highest BCUT2D eigenvalue weighted by atomic mass is 127. The van der Waals surface area contributed by atoms with Crippen LogP contribution in [0.2, 0.25) is 5.02 Å². The number of benzene rings is 2. The normalized spacial score (nSPS) is 12.1. The fourth-order valence-corrected chi connectivity index (χ4v) is 2.22. The van der Waals surface area contributed by atoms with Gasteiger partial charge in [-0.1, -0.05) is 23.7 Å². The van der Waals surface area contributed by atoms with Crippen LogP contribution in [0.15, 0.2) is 53.5 Å². The van der Waals surface area contributed by atoms with Crippen molar-refractivity contribution >= 4 is 41.5 Å². The predicted octanol–water partition coefficient (Wildman–Crippen LogP) is 3.59. The van der Waals surface area contributed by atoms with Gasteiger partial charge in [-0.15, -0.1) is 24.0 Å². The van der Waals surface area contributed by atoms with Gasteiger partial charge in [0.05, 0.1) is 6.54 Å². The molecule has 148 valence electrons. The van der Waals surface area contributed by atoms with E-state index in [4.69, 9.17) is 16.3 Å². The second-order valence-electron chi connectivity index (χ2n) is 5.62. The van der Waals surface area contributed by atoms with Crippen LogP contribution >= 0.6 is 35.6 Å². The summed E-state index contributed by atoms with van der Waals surface area (Å²) in [5.41, 5.74) is 1.03. The topological polar surface area (TPSA) is 65.9 Å². The summed E-state index contributed by atoms with van der Waals surface area (Å²) in [5.74, 6) is 0.781. The van der Waals surface area contributed by atoms with Gasteiger partial charge in [-0.05, 0) is 48.9 Å². The lowest BCUT2D eigenvalue weighted by Crippen LogP contribution is -2.42. The second kappa shape index (κ2) is 12.7. The van der Waals surface area contributed by atoms with E-state index in [1.54, 1.807) is 0 Å². The standard InChI is InChI=1S/C19H23ClFN3O2.HI/c1-2-22-19(23-11-14-3-5-15(20)6-4-14)24-12-17(25)13-26-18-9-7-16(21)8-10-18;/h3-10,17,25H,2,11-13H2,1H3,(H2,22,23,24);1H. The smallest absolute Gasteiger partial charge is 0.191 e. The Balaban J connectivity index is 0.00000364. The van der Waals surface area contributed by atoms with E-state index in [9.17, 15) is 9.50 Å². The van der Waals surface area contributed by atoms with Gasteiger partial charge in [0.1, 0.15) is 24.3 Å². The molecule has 0 aliphatic carbocycles. The molecule has 0 fully saturated rings. The minimum Gasteiger partial charge on any atom is -0.491 e. The van der Waals surface area contributed by atoms with Crippen molar-refractivity contribution in [2.24, 2.45) is 4.99 Å². The molecule has 0 bridgehead atoms. The SMILES string of the molecule is CCNC(=NCc1ccc(Cl)cc1)NCC(O)COc1ccc(F)cc1.I. The molecular weight excluding hydrogens is 484 g/mol. The number of aliphatic hydroxyl groups is 1. The molecule has 3 N–H and O–H groups in total. The van der Waals surface area contributed by atoms with E-state index >= 15 is 0 Å². The largest absolute Gasteiger partial charge is 0.491 e. The molecule has 1 atom stereocenters. The fourth-order valence-electron chi connectivity index (χ4n) is 2.10. The number of nitrogens with zero attached hydrogens (tertiary/aromatic N) is 1.